The van der Waals surface area contributed by atoms with Crippen LogP contribution in [0, 0.1) is 5.82 Å². The van der Waals surface area contributed by atoms with E-state index in [2.05, 4.69) is 0 Å². The maximum absolute atomic E-state index is 13.6. The summed E-state index contributed by atoms with van der Waals surface area (Å²) in [5.41, 5.74) is 1.17. The van der Waals surface area contributed by atoms with E-state index in [0.717, 1.165) is 4.90 Å². The Morgan fingerprint density at radius 2 is 1.80 bits per heavy atom. The zero-order valence-corrected chi connectivity index (χ0v) is 12.3. The standard InChI is InChI=1S/C15H13FO2S2/c16-13-6-2-4-8-15(13)20(17,18)10-12-9-11-5-1-3-7-14(11)19-12/h1-8,12H,9-10H2. The Bertz CT molecular complexity index is 716. The predicted octanol–water partition coefficient (Wildman–Crippen LogP) is 3.32. The normalized spacial score (nSPS) is 17.9. The molecule has 1 heterocycles. The number of thioether (sulfide) groups is 1. The molecule has 1 aliphatic heterocycles. The van der Waals surface area contributed by atoms with Gasteiger partial charge in [-0.2, -0.15) is 0 Å². The zero-order chi connectivity index (χ0) is 14.2. The number of fused-ring (bicyclic) bond motifs is 1. The van der Waals surface area contributed by atoms with Gasteiger partial charge in [-0.15, -0.1) is 11.8 Å². The maximum atomic E-state index is 13.6. The molecular formula is C15H13FO2S2. The molecule has 1 aliphatic rings. The first kappa shape index (κ1) is 13.6. The smallest absolute Gasteiger partial charge is 0.182 e. The number of hydrogen-bond donors (Lipinski definition) is 0. The third kappa shape index (κ3) is 2.60. The average molecular weight is 308 g/mol. The molecule has 0 radical (unpaired) electrons. The van der Waals surface area contributed by atoms with Crippen molar-refractivity contribution in [2.24, 2.45) is 0 Å². The predicted molar refractivity (Wildman–Crippen MR) is 78.2 cm³/mol. The van der Waals surface area contributed by atoms with E-state index in [0.29, 0.717) is 6.42 Å². The van der Waals surface area contributed by atoms with Crippen molar-refractivity contribution in [1.29, 1.82) is 0 Å². The Labute approximate surface area is 121 Å². The van der Waals surface area contributed by atoms with E-state index in [4.69, 9.17) is 0 Å². The van der Waals surface area contributed by atoms with Crippen molar-refractivity contribution < 1.29 is 12.8 Å². The van der Waals surface area contributed by atoms with Gasteiger partial charge in [-0.05, 0) is 30.2 Å². The second kappa shape index (κ2) is 5.22. The monoisotopic (exact) mass is 308 g/mol. The second-order valence-corrected chi connectivity index (χ2v) is 8.11. The molecule has 0 saturated heterocycles. The quantitative estimate of drug-likeness (QED) is 0.872. The molecule has 2 aromatic rings. The highest BCUT2D eigenvalue weighted by atomic mass is 32.2. The van der Waals surface area contributed by atoms with Crippen LogP contribution in [0.25, 0.3) is 0 Å². The molecule has 2 aromatic carbocycles. The van der Waals surface area contributed by atoms with Crippen molar-refractivity contribution in [1.82, 2.24) is 0 Å². The SMILES string of the molecule is O=S(=O)(CC1Cc2ccccc2S1)c1ccccc1F. The van der Waals surface area contributed by atoms with Gasteiger partial charge >= 0.3 is 0 Å². The fraction of sp³-hybridized carbons (Fsp3) is 0.200. The summed E-state index contributed by atoms with van der Waals surface area (Å²) in [7, 11) is -3.59. The van der Waals surface area contributed by atoms with Crippen LogP contribution in [0.4, 0.5) is 4.39 Å². The lowest BCUT2D eigenvalue weighted by Crippen LogP contribution is -2.19. The summed E-state index contributed by atoms with van der Waals surface area (Å²) in [5.74, 6) is -0.708. The third-order valence-electron chi connectivity index (χ3n) is 3.29. The highest BCUT2D eigenvalue weighted by Crippen LogP contribution is 2.38. The summed E-state index contributed by atoms with van der Waals surface area (Å²) >= 11 is 1.56. The van der Waals surface area contributed by atoms with E-state index in [1.165, 1.54) is 23.8 Å². The Kier molecular flexibility index (Phi) is 3.56. The molecule has 1 unspecified atom stereocenters. The van der Waals surface area contributed by atoms with Crippen molar-refractivity contribution in [2.45, 2.75) is 21.5 Å². The van der Waals surface area contributed by atoms with Crippen molar-refractivity contribution in [3.8, 4) is 0 Å². The Morgan fingerprint density at radius 3 is 2.55 bits per heavy atom. The molecule has 0 spiro atoms. The van der Waals surface area contributed by atoms with Crippen molar-refractivity contribution in [3.05, 3.63) is 59.9 Å². The van der Waals surface area contributed by atoms with Crippen molar-refractivity contribution in [2.75, 3.05) is 5.75 Å². The lowest BCUT2D eigenvalue weighted by atomic mass is 10.1. The number of sulfone groups is 1. The summed E-state index contributed by atoms with van der Waals surface area (Å²) in [5, 5.41) is -0.0444. The molecule has 0 bridgehead atoms. The molecule has 3 rings (SSSR count). The van der Waals surface area contributed by atoms with Crippen LogP contribution in [0.1, 0.15) is 5.56 Å². The number of rotatable bonds is 3. The molecule has 0 aliphatic carbocycles. The summed E-state index contributed by atoms with van der Waals surface area (Å²) in [4.78, 5) is 0.929. The lowest BCUT2D eigenvalue weighted by Gasteiger charge is -2.10. The van der Waals surface area contributed by atoms with E-state index in [1.807, 2.05) is 24.3 Å². The van der Waals surface area contributed by atoms with Crippen LogP contribution in [-0.2, 0) is 16.3 Å². The van der Waals surface area contributed by atoms with Crippen LogP contribution in [0.15, 0.2) is 58.3 Å². The van der Waals surface area contributed by atoms with Crippen LogP contribution in [0.2, 0.25) is 0 Å². The first-order chi connectivity index (χ1) is 9.56. The van der Waals surface area contributed by atoms with E-state index >= 15 is 0 Å². The molecule has 2 nitrogen and oxygen atoms in total. The number of benzene rings is 2. The van der Waals surface area contributed by atoms with Crippen LogP contribution < -0.4 is 0 Å². The van der Waals surface area contributed by atoms with Gasteiger partial charge in [0, 0.05) is 10.1 Å². The van der Waals surface area contributed by atoms with Gasteiger partial charge in [0.25, 0.3) is 0 Å². The van der Waals surface area contributed by atoms with Crippen LogP contribution in [0.5, 0.6) is 0 Å². The minimum Gasteiger partial charge on any atom is -0.224 e. The minimum atomic E-state index is -3.59. The van der Waals surface area contributed by atoms with E-state index in [9.17, 15) is 12.8 Å². The Hall–Kier alpha value is -1.33. The highest BCUT2D eigenvalue weighted by Gasteiger charge is 2.29. The average Bonchev–Trinajstić information content (AvgIpc) is 2.80. The minimum absolute atomic E-state index is 0.0344. The molecule has 0 saturated carbocycles. The van der Waals surface area contributed by atoms with Crippen LogP contribution >= 0.6 is 11.8 Å². The summed E-state index contributed by atoms with van der Waals surface area (Å²) < 4.78 is 38.2. The fourth-order valence-electron chi connectivity index (χ4n) is 2.38. The van der Waals surface area contributed by atoms with Gasteiger partial charge in [0.1, 0.15) is 10.7 Å². The molecule has 0 aromatic heterocycles. The Balaban J connectivity index is 1.81. The van der Waals surface area contributed by atoms with Gasteiger partial charge in [-0.1, -0.05) is 30.3 Å². The topological polar surface area (TPSA) is 34.1 Å². The van der Waals surface area contributed by atoms with E-state index in [1.54, 1.807) is 17.8 Å². The maximum Gasteiger partial charge on any atom is 0.182 e. The number of hydrogen-bond acceptors (Lipinski definition) is 3. The lowest BCUT2D eigenvalue weighted by molar-refractivity contribution is 0.566. The van der Waals surface area contributed by atoms with Gasteiger partial charge in [0.2, 0.25) is 0 Å². The summed E-state index contributed by atoms with van der Waals surface area (Å²) in [6, 6.07) is 13.5. The van der Waals surface area contributed by atoms with Gasteiger partial charge in [-0.3, -0.25) is 0 Å². The third-order valence-corrected chi connectivity index (χ3v) is 6.66. The first-order valence-electron chi connectivity index (χ1n) is 6.28. The largest absolute Gasteiger partial charge is 0.224 e. The molecule has 1 atom stereocenters. The summed E-state index contributed by atoms with van der Waals surface area (Å²) in [6.07, 6.45) is 0.717. The van der Waals surface area contributed by atoms with Gasteiger partial charge in [0.15, 0.2) is 9.84 Å². The molecule has 0 N–H and O–H groups in total. The second-order valence-electron chi connectivity index (χ2n) is 4.76. The molecule has 104 valence electrons. The highest BCUT2D eigenvalue weighted by molar-refractivity contribution is 8.01. The van der Waals surface area contributed by atoms with Crippen molar-refractivity contribution in [3.63, 3.8) is 0 Å². The molecule has 5 heteroatoms. The summed E-state index contributed by atoms with van der Waals surface area (Å²) in [6.45, 7) is 0. The van der Waals surface area contributed by atoms with Gasteiger partial charge in [0.05, 0.1) is 5.75 Å². The molecular weight excluding hydrogens is 295 g/mol. The first-order valence-corrected chi connectivity index (χ1v) is 8.81. The molecule has 0 fully saturated rings. The van der Waals surface area contributed by atoms with Gasteiger partial charge in [-0.25, -0.2) is 12.8 Å². The fourth-order valence-corrected chi connectivity index (χ4v) is 5.71. The molecule has 20 heavy (non-hydrogen) atoms. The van der Waals surface area contributed by atoms with Crippen LogP contribution in [0.3, 0.4) is 0 Å². The zero-order valence-electron chi connectivity index (χ0n) is 10.6. The van der Waals surface area contributed by atoms with Crippen molar-refractivity contribution >= 4 is 21.6 Å². The molecule has 0 amide bonds. The van der Waals surface area contributed by atoms with E-state index < -0.39 is 15.7 Å². The number of halogens is 1. The van der Waals surface area contributed by atoms with Crippen LogP contribution in [-0.4, -0.2) is 19.4 Å². The Morgan fingerprint density at radius 1 is 1.10 bits per heavy atom. The van der Waals surface area contributed by atoms with Gasteiger partial charge < -0.3 is 0 Å². The van der Waals surface area contributed by atoms with E-state index in [-0.39, 0.29) is 15.9 Å².